The molecule has 0 aliphatic rings. The van der Waals surface area contributed by atoms with Crippen molar-refractivity contribution in [2.75, 3.05) is 0 Å². The van der Waals surface area contributed by atoms with E-state index in [1.807, 2.05) is 32.1 Å². The third-order valence-electron chi connectivity index (χ3n) is 2.61. The standard InChI is InChI=1S/C17H19/c1-5-15(6-2)10-9-12-16-11-7-8-13-17(16)14(3)4/h5,7-8,11-13H,3,6H2,1-2,4H3/q+1. The van der Waals surface area contributed by atoms with Gasteiger partial charge in [-0.2, -0.15) is 0 Å². The molecular weight excluding hydrogens is 204 g/mol. The Morgan fingerprint density at radius 1 is 1.41 bits per heavy atom. The van der Waals surface area contributed by atoms with Gasteiger partial charge in [0, 0.05) is 19.4 Å². The summed E-state index contributed by atoms with van der Waals surface area (Å²) < 4.78 is 0. The molecule has 0 amide bonds. The van der Waals surface area contributed by atoms with Gasteiger partial charge in [-0.15, -0.1) is 0 Å². The highest BCUT2D eigenvalue weighted by Crippen LogP contribution is 2.17. The summed E-state index contributed by atoms with van der Waals surface area (Å²) in [6, 6.07) is 8.20. The molecule has 0 bridgehead atoms. The lowest BCUT2D eigenvalue weighted by atomic mass is 10.0. The highest BCUT2D eigenvalue weighted by Gasteiger charge is 1.99. The zero-order chi connectivity index (χ0) is 12.7. The van der Waals surface area contributed by atoms with Crippen LogP contribution in [0.15, 0.2) is 47.9 Å². The minimum absolute atomic E-state index is 0.986. The minimum Gasteiger partial charge on any atom is -0.0955 e. The Bertz CT molecular complexity index is 485. The summed E-state index contributed by atoms with van der Waals surface area (Å²) in [5.74, 6) is 0. The van der Waals surface area contributed by atoms with Gasteiger partial charge in [0.05, 0.1) is 12.2 Å². The fourth-order valence-corrected chi connectivity index (χ4v) is 1.58. The Kier molecular flexibility index (Phi) is 5.17. The molecule has 0 spiro atoms. The summed E-state index contributed by atoms with van der Waals surface area (Å²) in [6.45, 7) is 10.1. The van der Waals surface area contributed by atoms with Crippen molar-refractivity contribution >= 4 is 11.6 Å². The third-order valence-corrected chi connectivity index (χ3v) is 2.61. The Labute approximate surface area is 105 Å². The van der Waals surface area contributed by atoms with E-state index in [4.69, 9.17) is 0 Å². The van der Waals surface area contributed by atoms with Crippen LogP contribution in [0.2, 0.25) is 0 Å². The van der Waals surface area contributed by atoms with E-state index >= 15 is 0 Å². The predicted molar refractivity (Wildman–Crippen MR) is 76.4 cm³/mol. The van der Waals surface area contributed by atoms with E-state index in [-0.39, 0.29) is 0 Å². The SMILES string of the molecule is C=C(C)c1ccccc1C=C=C=C([CH+]C)CC. The molecule has 0 saturated carbocycles. The van der Waals surface area contributed by atoms with Crippen LogP contribution in [0.1, 0.15) is 38.3 Å². The van der Waals surface area contributed by atoms with Crippen molar-refractivity contribution in [3.8, 4) is 0 Å². The van der Waals surface area contributed by atoms with Crippen LogP contribution in [0, 0.1) is 6.42 Å². The topological polar surface area (TPSA) is 0 Å². The van der Waals surface area contributed by atoms with Crippen LogP contribution in [0.4, 0.5) is 0 Å². The van der Waals surface area contributed by atoms with Gasteiger partial charge in [0.1, 0.15) is 0 Å². The summed E-state index contributed by atoms with van der Waals surface area (Å²) in [7, 11) is 0. The summed E-state index contributed by atoms with van der Waals surface area (Å²) >= 11 is 0. The summed E-state index contributed by atoms with van der Waals surface area (Å²) in [6.07, 6.45) is 5.01. The number of rotatable bonds is 4. The second kappa shape index (κ2) is 6.66. The van der Waals surface area contributed by atoms with Gasteiger partial charge in [-0.25, -0.2) is 0 Å². The lowest BCUT2D eigenvalue weighted by Gasteiger charge is -2.02. The van der Waals surface area contributed by atoms with Crippen LogP contribution < -0.4 is 0 Å². The van der Waals surface area contributed by atoms with Crippen LogP contribution >= 0.6 is 0 Å². The third kappa shape index (κ3) is 3.89. The van der Waals surface area contributed by atoms with Gasteiger partial charge in [-0.1, -0.05) is 43.3 Å². The lowest BCUT2D eigenvalue weighted by molar-refractivity contribution is 1.11. The molecule has 1 aromatic carbocycles. The molecule has 0 fully saturated rings. The van der Waals surface area contributed by atoms with E-state index in [1.54, 1.807) is 0 Å². The first kappa shape index (κ1) is 13.2. The number of allylic oxidation sites excluding steroid dienone is 2. The van der Waals surface area contributed by atoms with Gasteiger partial charge >= 0.3 is 0 Å². The Morgan fingerprint density at radius 2 is 2.12 bits per heavy atom. The fourth-order valence-electron chi connectivity index (χ4n) is 1.58. The van der Waals surface area contributed by atoms with Gasteiger partial charge in [-0.3, -0.25) is 0 Å². The largest absolute Gasteiger partial charge is 0.176 e. The maximum absolute atomic E-state index is 3.98. The molecular formula is C17H19+. The van der Waals surface area contributed by atoms with Gasteiger partial charge < -0.3 is 0 Å². The number of hydrogen-bond acceptors (Lipinski definition) is 0. The molecule has 1 aromatic rings. The van der Waals surface area contributed by atoms with Gasteiger partial charge in [0.2, 0.25) is 0 Å². The van der Waals surface area contributed by atoms with E-state index in [2.05, 4.69) is 43.5 Å². The highest BCUT2D eigenvalue weighted by molar-refractivity contribution is 5.71. The van der Waals surface area contributed by atoms with Crippen LogP contribution in [0.5, 0.6) is 0 Å². The fraction of sp³-hybridized carbons (Fsp3) is 0.235. The van der Waals surface area contributed by atoms with Crippen LogP contribution in [-0.2, 0) is 0 Å². The first-order valence-electron chi connectivity index (χ1n) is 5.93. The Hall–Kier alpha value is -1.87. The molecule has 17 heavy (non-hydrogen) atoms. The van der Waals surface area contributed by atoms with Crippen LogP contribution in [-0.4, -0.2) is 0 Å². The first-order chi connectivity index (χ1) is 8.19. The molecule has 0 unspecified atom stereocenters. The van der Waals surface area contributed by atoms with Crippen LogP contribution in [0.25, 0.3) is 11.6 Å². The lowest BCUT2D eigenvalue weighted by Crippen LogP contribution is -1.82. The second-order valence-corrected chi connectivity index (χ2v) is 3.95. The van der Waals surface area contributed by atoms with Crippen molar-refractivity contribution < 1.29 is 0 Å². The maximum atomic E-state index is 3.98. The Balaban J connectivity index is 3.16. The van der Waals surface area contributed by atoms with Gasteiger partial charge in [0.15, 0.2) is 11.3 Å². The van der Waals surface area contributed by atoms with E-state index in [9.17, 15) is 0 Å². The van der Waals surface area contributed by atoms with Crippen molar-refractivity contribution in [2.45, 2.75) is 27.2 Å². The van der Waals surface area contributed by atoms with Gasteiger partial charge in [0.25, 0.3) is 0 Å². The molecule has 0 saturated heterocycles. The average Bonchev–Trinajstić information content (AvgIpc) is 2.35. The maximum Gasteiger partial charge on any atom is 0.176 e. The van der Waals surface area contributed by atoms with Crippen molar-refractivity contribution in [3.63, 3.8) is 0 Å². The predicted octanol–water partition coefficient (Wildman–Crippen LogP) is 5.05. The van der Waals surface area contributed by atoms with Crippen molar-refractivity contribution in [1.29, 1.82) is 0 Å². The molecule has 0 heteroatoms. The molecule has 1 rings (SSSR count). The molecule has 0 aliphatic heterocycles. The van der Waals surface area contributed by atoms with E-state index in [0.29, 0.717) is 0 Å². The summed E-state index contributed by atoms with van der Waals surface area (Å²) in [4.78, 5) is 0. The van der Waals surface area contributed by atoms with Crippen molar-refractivity contribution in [2.24, 2.45) is 0 Å². The molecule has 0 N–H and O–H groups in total. The zero-order valence-electron chi connectivity index (χ0n) is 10.9. The Morgan fingerprint density at radius 3 is 2.71 bits per heavy atom. The van der Waals surface area contributed by atoms with Crippen molar-refractivity contribution in [3.05, 3.63) is 65.4 Å². The molecule has 0 atom stereocenters. The molecule has 0 aromatic heterocycles. The monoisotopic (exact) mass is 223 g/mol. The quantitative estimate of drug-likeness (QED) is 0.495. The average molecular weight is 223 g/mol. The summed E-state index contributed by atoms with van der Waals surface area (Å²) in [5, 5.41) is 0. The smallest absolute Gasteiger partial charge is 0.0955 e. The molecule has 86 valence electrons. The summed E-state index contributed by atoms with van der Waals surface area (Å²) in [5.41, 5.74) is 10.8. The zero-order valence-corrected chi connectivity index (χ0v) is 10.9. The normalized spacial score (nSPS) is 8.88. The molecule has 0 radical (unpaired) electrons. The van der Waals surface area contributed by atoms with Crippen molar-refractivity contribution in [1.82, 2.24) is 0 Å². The number of hydrogen-bond donors (Lipinski definition) is 0. The van der Waals surface area contributed by atoms with Crippen LogP contribution in [0.3, 0.4) is 0 Å². The van der Waals surface area contributed by atoms with E-state index < -0.39 is 0 Å². The highest BCUT2D eigenvalue weighted by atomic mass is 14.0. The van der Waals surface area contributed by atoms with E-state index in [0.717, 1.165) is 17.6 Å². The number of benzene rings is 1. The molecule has 0 heterocycles. The first-order valence-corrected chi connectivity index (χ1v) is 5.93. The minimum atomic E-state index is 0.986. The van der Waals surface area contributed by atoms with E-state index in [1.165, 1.54) is 11.1 Å². The molecule has 0 aliphatic carbocycles. The second-order valence-electron chi connectivity index (χ2n) is 3.95. The molecule has 0 nitrogen and oxygen atoms in total. The van der Waals surface area contributed by atoms with Gasteiger partial charge in [-0.05, 0) is 18.1 Å².